The van der Waals surface area contributed by atoms with E-state index in [9.17, 15) is 0 Å². The van der Waals surface area contributed by atoms with Crippen LogP contribution in [-0.2, 0) is 0 Å². The monoisotopic (exact) mass is 262 g/mol. The largest absolute Gasteiger partial charge is 0.369 e. The number of hydrogen-bond donors (Lipinski definition) is 3. The van der Waals surface area contributed by atoms with E-state index in [-0.39, 0.29) is 30.8 Å². The summed E-state index contributed by atoms with van der Waals surface area (Å²) in [6, 6.07) is 0. The summed E-state index contributed by atoms with van der Waals surface area (Å²) in [4.78, 5) is 15.2. The maximum absolute atomic E-state index is 5.58. The molecule has 0 amide bonds. The van der Waals surface area contributed by atoms with Crippen molar-refractivity contribution in [1.29, 1.82) is 0 Å². The molecule has 0 aliphatic heterocycles. The minimum atomic E-state index is 0. The Bertz CT molecular complexity index is 506. The Labute approximate surface area is 104 Å². The van der Waals surface area contributed by atoms with Gasteiger partial charge >= 0.3 is 0 Å². The molecule has 88 valence electrons. The molecule has 1 saturated carbocycles. The first kappa shape index (κ1) is 12.8. The standard InChI is InChI=1S/C8H10N6.2ClH/c9-7-11-4(3-1-2-3)5-6(13-7)14-8(10)12-5;;/h3H,1-2H2,(H5,9,10,11,12,13,14);2*1H. The first-order valence-corrected chi connectivity index (χ1v) is 4.52. The van der Waals surface area contributed by atoms with E-state index in [1.54, 1.807) is 0 Å². The highest BCUT2D eigenvalue weighted by atomic mass is 35.5. The number of nitrogen functional groups attached to an aromatic ring is 2. The van der Waals surface area contributed by atoms with Gasteiger partial charge < -0.3 is 16.5 Å². The van der Waals surface area contributed by atoms with Crippen LogP contribution in [0.1, 0.15) is 24.5 Å². The third-order valence-corrected chi connectivity index (χ3v) is 2.38. The van der Waals surface area contributed by atoms with Gasteiger partial charge in [-0.3, -0.25) is 0 Å². The van der Waals surface area contributed by atoms with Crippen molar-refractivity contribution in [2.24, 2.45) is 0 Å². The number of aromatic amines is 1. The first-order valence-electron chi connectivity index (χ1n) is 4.52. The number of hydrogen-bond acceptors (Lipinski definition) is 5. The van der Waals surface area contributed by atoms with E-state index in [4.69, 9.17) is 11.5 Å². The molecule has 3 rings (SSSR count). The van der Waals surface area contributed by atoms with E-state index < -0.39 is 0 Å². The molecule has 0 aromatic carbocycles. The van der Waals surface area contributed by atoms with Crippen LogP contribution in [0.5, 0.6) is 0 Å². The minimum absolute atomic E-state index is 0. The van der Waals surface area contributed by atoms with Crippen LogP contribution in [0, 0.1) is 0 Å². The SMILES string of the molecule is Cl.Cl.Nc1nc(C2CC2)c2[nH]c(N)nc2n1. The second-order valence-corrected chi connectivity index (χ2v) is 3.56. The minimum Gasteiger partial charge on any atom is -0.369 e. The molecule has 16 heavy (non-hydrogen) atoms. The van der Waals surface area contributed by atoms with Crippen LogP contribution in [0.15, 0.2) is 0 Å². The second-order valence-electron chi connectivity index (χ2n) is 3.56. The summed E-state index contributed by atoms with van der Waals surface area (Å²) >= 11 is 0. The fraction of sp³-hybridized carbons (Fsp3) is 0.375. The molecule has 1 aliphatic rings. The number of anilines is 2. The fourth-order valence-corrected chi connectivity index (χ4v) is 1.61. The lowest BCUT2D eigenvalue weighted by molar-refractivity contribution is 1.02. The average Bonchev–Trinajstić information content (AvgIpc) is 2.87. The highest BCUT2D eigenvalue weighted by Crippen LogP contribution is 2.41. The van der Waals surface area contributed by atoms with Gasteiger partial charge in [0.2, 0.25) is 5.95 Å². The van der Waals surface area contributed by atoms with E-state index in [0.717, 1.165) is 24.1 Å². The van der Waals surface area contributed by atoms with Crippen LogP contribution in [-0.4, -0.2) is 19.9 Å². The molecule has 0 atom stereocenters. The fourth-order valence-electron chi connectivity index (χ4n) is 1.61. The lowest BCUT2D eigenvalue weighted by atomic mass is 10.2. The van der Waals surface area contributed by atoms with Gasteiger partial charge in [0.1, 0.15) is 5.52 Å². The van der Waals surface area contributed by atoms with Crippen molar-refractivity contribution in [1.82, 2.24) is 19.9 Å². The zero-order valence-corrected chi connectivity index (χ0v) is 9.94. The molecule has 1 fully saturated rings. The topological polar surface area (TPSA) is 106 Å². The van der Waals surface area contributed by atoms with Crippen molar-refractivity contribution in [3.8, 4) is 0 Å². The van der Waals surface area contributed by atoms with Gasteiger partial charge in [-0.1, -0.05) is 0 Å². The summed E-state index contributed by atoms with van der Waals surface area (Å²) in [7, 11) is 0. The van der Waals surface area contributed by atoms with Crippen molar-refractivity contribution in [3.63, 3.8) is 0 Å². The quantitative estimate of drug-likeness (QED) is 0.717. The molecule has 0 unspecified atom stereocenters. The highest BCUT2D eigenvalue weighted by molar-refractivity contribution is 5.85. The number of halogens is 2. The number of imidazole rings is 1. The molecule has 2 aromatic heterocycles. The molecular weight excluding hydrogens is 251 g/mol. The summed E-state index contributed by atoms with van der Waals surface area (Å²) in [5.41, 5.74) is 13.5. The summed E-state index contributed by atoms with van der Waals surface area (Å²) in [6.45, 7) is 0. The van der Waals surface area contributed by atoms with Gasteiger partial charge in [0.15, 0.2) is 11.6 Å². The lowest BCUT2D eigenvalue weighted by Crippen LogP contribution is -1.99. The van der Waals surface area contributed by atoms with Crippen LogP contribution in [0.25, 0.3) is 11.2 Å². The van der Waals surface area contributed by atoms with Crippen molar-refractivity contribution in [3.05, 3.63) is 5.69 Å². The van der Waals surface area contributed by atoms with E-state index in [1.165, 1.54) is 0 Å². The number of aromatic nitrogens is 4. The molecule has 1 aliphatic carbocycles. The summed E-state index contributed by atoms with van der Waals surface area (Å²) < 4.78 is 0. The molecule has 2 aromatic rings. The summed E-state index contributed by atoms with van der Waals surface area (Å²) in [5, 5.41) is 0. The molecule has 0 bridgehead atoms. The van der Waals surface area contributed by atoms with Gasteiger partial charge in [-0.2, -0.15) is 9.97 Å². The van der Waals surface area contributed by atoms with Crippen LogP contribution in [0.2, 0.25) is 0 Å². The van der Waals surface area contributed by atoms with E-state index >= 15 is 0 Å². The smallest absolute Gasteiger partial charge is 0.222 e. The van der Waals surface area contributed by atoms with E-state index in [2.05, 4.69) is 19.9 Å². The molecule has 0 spiro atoms. The number of nitrogens with zero attached hydrogens (tertiary/aromatic N) is 3. The van der Waals surface area contributed by atoms with Crippen LogP contribution in [0.3, 0.4) is 0 Å². The predicted molar refractivity (Wildman–Crippen MR) is 67.0 cm³/mol. The number of nitrogens with two attached hydrogens (primary N) is 2. The maximum atomic E-state index is 5.58. The molecule has 0 radical (unpaired) electrons. The Hall–Kier alpha value is -1.27. The van der Waals surface area contributed by atoms with Crippen LogP contribution >= 0.6 is 24.8 Å². The Kier molecular flexibility index (Phi) is 3.44. The molecule has 0 saturated heterocycles. The van der Waals surface area contributed by atoms with Gasteiger partial charge in [-0.15, -0.1) is 24.8 Å². The number of H-pyrrole nitrogens is 1. The Morgan fingerprint density at radius 3 is 2.38 bits per heavy atom. The zero-order valence-electron chi connectivity index (χ0n) is 8.30. The maximum Gasteiger partial charge on any atom is 0.222 e. The normalized spacial score (nSPS) is 14.2. The van der Waals surface area contributed by atoms with Gasteiger partial charge in [0, 0.05) is 5.92 Å². The molecule has 6 nitrogen and oxygen atoms in total. The Morgan fingerprint density at radius 1 is 1.06 bits per heavy atom. The summed E-state index contributed by atoms with van der Waals surface area (Å²) in [5.74, 6) is 1.13. The number of nitrogens with one attached hydrogen (secondary N) is 1. The second kappa shape index (κ2) is 4.31. The van der Waals surface area contributed by atoms with Gasteiger partial charge in [-0.05, 0) is 12.8 Å². The number of fused-ring (bicyclic) bond motifs is 1. The lowest BCUT2D eigenvalue weighted by Gasteiger charge is -1.99. The van der Waals surface area contributed by atoms with Gasteiger partial charge in [0.25, 0.3) is 0 Å². The third kappa shape index (κ3) is 1.98. The molecular formula is C8H12Cl2N6. The van der Waals surface area contributed by atoms with Crippen molar-refractivity contribution in [2.75, 3.05) is 11.5 Å². The average molecular weight is 263 g/mol. The van der Waals surface area contributed by atoms with Crippen LogP contribution < -0.4 is 11.5 Å². The van der Waals surface area contributed by atoms with Crippen LogP contribution in [0.4, 0.5) is 11.9 Å². The Balaban J connectivity index is 0.000000640. The predicted octanol–water partition coefficient (Wildman–Crippen LogP) is 1.24. The van der Waals surface area contributed by atoms with Crippen molar-refractivity contribution in [2.45, 2.75) is 18.8 Å². The van der Waals surface area contributed by atoms with E-state index in [0.29, 0.717) is 17.5 Å². The van der Waals surface area contributed by atoms with Gasteiger partial charge in [0.05, 0.1) is 5.69 Å². The Morgan fingerprint density at radius 2 is 1.75 bits per heavy atom. The van der Waals surface area contributed by atoms with Gasteiger partial charge in [-0.25, -0.2) is 4.98 Å². The van der Waals surface area contributed by atoms with Crippen molar-refractivity contribution < 1.29 is 0 Å². The highest BCUT2D eigenvalue weighted by Gasteiger charge is 2.28. The molecule has 8 heteroatoms. The first-order chi connectivity index (χ1) is 6.74. The van der Waals surface area contributed by atoms with Crippen molar-refractivity contribution >= 4 is 47.9 Å². The molecule has 5 N–H and O–H groups in total. The third-order valence-electron chi connectivity index (χ3n) is 2.38. The summed E-state index contributed by atoms with van der Waals surface area (Å²) in [6.07, 6.45) is 2.31. The molecule has 2 heterocycles. The zero-order chi connectivity index (χ0) is 9.71. The number of rotatable bonds is 1. The van der Waals surface area contributed by atoms with E-state index in [1.807, 2.05) is 0 Å².